The molecule has 0 amide bonds. The summed E-state index contributed by atoms with van der Waals surface area (Å²) in [5.41, 5.74) is 28.4. The van der Waals surface area contributed by atoms with Crippen LogP contribution in [-0.2, 0) is 73.0 Å². The summed E-state index contributed by atoms with van der Waals surface area (Å²) in [6.45, 7) is 4.69. The Hall–Kier alpha value is -12.1. The highest BCUT2D eigenvalue weighted by atomic mass is 35.5. The van der Waals surface area contributed by atoms with Crippen molar-refractivity contribution < 1.29 is 0 Å². The summed E-state index contributed by atoms with van der Waals surface area (Å²) in [6.07, 6.45) is 21.6. The molecule has 4 aliphatic rings. The van der Waals surface area contributed by atoms with Crippen molar-refractivity contribution in [3.63, 3.8) is 0 Å². The zero-order valence-electron chi connectivity index (χ0n) is 64.0. The molecule has 2 aliphatic carbocycles. The summed E-state index contributed by atoms with van der Waals surface area (Å²) >= 11 is 6.85. The van der Waals surface area contributed by atoms with Gasteiger partial charge >= 0.3 is 0 Å². The van der Waals surface area contributed by atoms with Crippen LogP contribution < -0.4 is 9.80 Å². The predicted molar refractivity (Wildman–Crippen MR) is 470 cm³/mol. The maximum Gasteiger partial charge on any atom is 0.0456 e. The number of anilines is 2. The van der Waals surface area contributed by atoms with Crippen LogP contribution >= 0.6 is 11.6 Å². The number of rotatable bonds is 20. The van der Waals surface area contributed by atoms with E-state index in [0.717, 1.165) is 56.4 Å². The van der Waals surface area contributed by atoms with Crippen molar-refractivity contribution in [3.8, 4) is 0 Å². The maximum absolute atomic E-state index is 6.85. The minimum atomic E-state index is -0.342. The van der Waals surface area contributed by atoms with Crippen LogP contribution in [0.1, 0.15) is 91.7 Å². The van der Waals surface area contributed by atoms with Crippen LogP contribution in [0.4, 0.5) is 11.4 Å². The first-order valence-corrected chi connectivity index (χ1v) is 39.8. The van der Waals surface area contributed by atoms with Crippen molar-refractivity contribution in [1.29, 1.82) is 0 Å². The molecule has 0 radical (unpaired) electrons. The van der Waals surface area contributed by atoms with E-state index >= 15 is 0 Å². The van der Waals surface area contributed by atoms with E-state index in [2.05, 4.69) is 426 Å². The lowest BCUT2D eigenvalue weighted by Crippen LogP contribution is -2.34. The fraction of sp³-hybridized carbons (Fsp3) is 0.148. The second-order valence-corrected chi connectivity index (χ2v) is 31.7. The molecule has 14 aromatic rings. The van der Waals surface area contributed by atoms with Gasteiger partial charge in [-0.3, -0.25) is 0 Å². The van der Waals surface area contributed by atoms with Gasteiger partial charge in [0.15, 0.2) is 0 Å². The number of benzene rings is 14. The largest absolute Gasteiger partial charge is 0.347 e. The Kier molecular flexibility index (Phi) is 20.1. The number of halogens is 1. The molecule has 0 saturated carbocycles. The highest BCUT2D eigenvalue weighted by Crippen LogP contribution is 2.58. The number of allylic oxidation sites excluding steroid dienone is 12. The van der Waals surface area contributed by atoms with Crippen LogP contribution in [-0.4, -0.2) is 14.1 Å². The third-order valence-electron chi connectivity index (χ3n) is 24.6. The van der Waals surface area contributed by atoms with Crippen LogP contribution in [0.2, 0.25) is 5.02 Å². The first kappa shape index (κ1) is 71.8. The zero-order valence-corrected chi connectivity index (χ0v) is 64.7. The van der Waals surface area contributed by atoms with E-state index in [9.17, 15) is 0 Å². The van der Waals surface area contributed by atoms with Gasteiger partial charge in [-0.2, -0.15) is 0 Å². The Morgan fingerprint density at radius 1 is 0.279 bits per heavy atom. The van der Waals surface area contributed by atoms with Crippen molar-refractivity contribution in [2.45, 2.75) is 86.9 Å². The third kappa shape index (κ3) is 13.8. The SMILES string of the molecule is CC1=C(/C=C/C=C2/N(C)c3ccc(Cl)cc3C2(Cc2ccccc2)Cc2ccccc2)C(Cc2ccccc2)(Cc2ccccc2)c2c1ccc1ccccc21.CC1=C(/C=C/C=C2/N(C)c3ccccc3C2(Cc2ccccc2)Cc2ccccc2)C(Cc2ccccc2)(Cc2ccccc2)c2c1ccc1ccccc21. The van der Waals surface area contributed by atoms with E-state index in [1.165, 1.54) is 144 Å². The number of para-hydroxylation sites is 1. The van der Waals surface area contributed by atoms with Crippen LogP contribution in [0, 0.1) is 0 Å². The molecule has 2 nitrogen and oxygen atoms in total. The van der Waals surface area contributed by atoms with Gasteiger partial charge in [-0.25, -0.2) is 0 Å². The summed E-state index contributed by atoms with van der Waals surface area (Å²) in [7, 11) is 4.48. The van der Waals surface area contributed by atoms with E-state index in [4.69, 9.17) is 11.6 Å². The lowest BCUT2D eigenvalue weighted by Gasteiger charge is -2.35. The first-order valence-electron chi connectivity index (χ1n) is 39.4. The summed E-state index contributed by atoms with van der Waals surface area (Å²) in [5, 5.41) is 6.04. The van der Waals surface area contributed by atoms with E-state index < -0.39 is 0 Å². The fourth-order valence-corrected chi connectivity index (χ4v) is 20.0. The normalized spacial score (nSPS) is 16.2. The van der Waals surface area contributed by atoms with E-state index in [1.54, 1.807) is 0 Å². The molecular weight excluding hydrogens is 1360 g/mol. The van der Waals surface area contributed by atoms with Gasteiger partial charge < -0.3 is 9.80 Å². The van der Waals surface area contributed by atoms with Crippen LogP contribution in [0.3, 0.4) is 0 Å². The molecule has 542 valence electrons. The van der Waals surface area contributed by atoms with Gasteiger partial charge in [-0.1, -0.05) is 370 Å². The summed E-state index contributed by atoms with van der Waals surface area (Å²) in [6, 6.07) is 131. The molecule has 3 heteroatoms. The topological polar surface area (TPSA) is 6.48 Å². The monoisotopic (exact) mass is 1450 g/mol. The molecule has 0 fully saturated rings. The Bertz CT molecular complexity index is 5710. The smallest absolute Gasteiger partial charge is 0.0456 e. The molecule has 0 N–H and O–H groups in total. The Balaban J connectivity index is 0.000000161. The summed E-state index contributed by atoms with van der Waals surface area (Å²) < 4.78 is 0. The summed E-state index contributed by atoms with van der Waals surface area (Å²) in [4.78, 5) is 4.85. The van der Waals surface area contributed by atoms with Gasteiger partial charge in [-0.05, 0) is 223 Å². The molecule has 0 bridgehead atoms. The van der Waals surface area contributed by atoms with Crippen molar-refractivity contribution in [2.75, 3.05) is 23.9 Å². The Morgan fingerprint density at radius 3 is 0.901 bits per heavy atom. The zero-order chi connectivity index (χ0) is 75.4. The van der Waals surface area contributed by atoms with E-state index in [-0.39, 0.29) is 21.7 Å². The van der Waals surface area contributed by atoms with Gasteiger partial charge in [0.1, 0.15) is 0 Å². The van der Waals surface area contributed by atoms with Crippen molar-refractivity contribution >= 4 is 55.7 Å². The highest BCUT2D eigenvalue weighted by molar-refractivity contribution is 6.30. The average Bonchev–Trinajstić information content (AvgIpc) is 1.57. The molecule has 0 atom stereocenters. The van der Waals surface area contributed by atoms with Gasteiger partial charge in [0.2, 0.25) is 0 Å². The lowest BCUT2D eigenvalue weighted by atomic mass is 9.67. The second kappa shape index (κ2) is 31.1. The maximum atomic E-state index is 6.85. The van der Waals surface area contributed by atoms with Gasteiger partial charge in [-0.15, -0.1) is 0 Å². The van der Waals surface area contributed by atoms with Gasteiger partial charge in [0.25, 0.3) is 0 Å². The molecule has 14 aromatic carbocycles. The molecule has 2 heterocycles. The predicted octanol–water partition coefficient (Wildman–Crippen LogP) is 26.0. The number of hydrogen-bond acceptors (Lipinski definition) is 2. The lowest BCUT2D eigenvalue weighted by molar-refractivity contribution is 0.507. The van der Waals surface area contributed by atoms with Gasteiger partial charge in [0, 0.05) is 63.5 Å². The Morgan fingerprint density at radius 2 is 0.559 bits per heavy atom. The Labute approximate surface area is 661 Å². The van der Waals surface area contributed by atoms with Crippen LogP contribution in [0.25, 0.3) is 32.7 Å². The number of hydrogen-bond donors (Lipinski definition) is 0. The third-order valence-corrected chi connectivity index (χ3v) is 24.8. The fourth-order valence-electron chi connectivity index (χ4n) is 19.9. The first-order chi connectivity index (χ1) is 54.5. The van der Waals surface area contributed by atoms with Crippen molar-refractivity contribution in [1.82, 2.24) is 0 Å². The summed E-state index contributed by atoms with van der Waals surface area (Å²) in [5.74, 6) is 0. The number of fused-ring (bicyclic) bond motifs is 8. The number of nitrogens with zero attached hydrogens (tertiary/aromatic N) is 2. The molecule has 111 heavy (non-hydrogen) atoms. The number of likely N-dealkylation sites (N-methyl/N-ethyl adjacent to an activating group) is 2. The van der Waals surface area contributed by atoms with E-state index in [0.29, 0.717) is 0 Å². The van der Waals surface area contributed by atoms with Crippen molar-refractivity contribution in [3.05, 3.63) is 500 Å². The van der Waals surface area contributed by atoms with Crippen molar-refractivity contribution in [2.24, 2.45) is 0 Å². The van der Waals surface area contributed by atoms with E-state index in [1.807, 2.05) is 6.07 Å². The highest BCUT2D eigenvalue weighted by Gasteiger charge is 2.50. The molecular formula is C108H93ClN2. The standard InChI is InChI=1S/C54H46ClN.C54H47N/c1-39-46-32-30-44-26-15-16-27-47(44)52(46)54(37-42-22-11-5-12-23-42,38-43-24-13-6-14-25-43)48(39)28-17-29-51-53(35-40-18-7-3-8-19-40,36-41-20-9-4-10-21-41)49-34-45(55)31-33-50(49)56(51)2;1-40-46-35-34-45-28-15-16-29-47(45)52(46)54(38-43-24-11-5-12-25-43,39-44-26-13-6-14-27-44)48(40)31-19-33-51-53(36-41-20-7-3-8-21-41,37-42-22-9-4-10-23-42)49-30-17-18-32-50(49)55(51)2/h3-34H,35-38H2,1-2H3;3-35H,36-39H2,1-2H3/b28-17+,51-29+;31-19+,51-33+. The van der Waals surface area contributed by atoms with Gasteiger partial charge in [0.05, 0.1) is 0 Å². The minimum Gasteiger partial charge on any atom is -0.347 e. The molecule has 18 rings (SSSR count). The molecule has 0 unspecified atom stereocenters. The molecule has 2 aliphatic heterocycles. The molecule has 0 aromatic heterocycles. The minimum absolute atomic E-state index is 0.248. The van der Waals surface area contributed by atoms with Crippen LogP contribution in [0.15, 0.2) is 417 Å². The molecule has 0 spiro atoms. The average molecular weight is 1450 g/mol. The quantitative estimate of drug-likeness (QED) is 0.0750. The second-order valence-electron chi connectivity index (χ2n) is 31.2. The molecule has 0 saturated heterocycles. The van der Waals surface area contributed by atoms with Crippen LogP contribution in [0.5, 0.6) is 0 Å².